The molecule has 4 fully saturated rings. The Labute approximate surface area is 114 Å². The minimum atomic E-state index is -0.841. The highest BCUT2D eigenvalue weighted by Crippen LogP contribution is 2.60. The summed E-state index contributed by atoms with van der Waals surface area (Å²) in [6.07, 6.45) is 3.68. The van der Waals surface area contributed by atoms with Crippen LogP contribution in [0.25, 0.3) is 0 Å². The summed E-state index contributed by atoms with van der Waals surface area (Å²) in [5.41, 5.74) is -2.87. The van der Waals surface area contributed by atoms with Crippen molar-refractivity contribution in [1.29, 1.82) is 0 Å². The number of ether oxygens (including phenoxy) is 1. The third-order valence-corrected chi connectivity index (χ3v) is 4.88. The van der Waals surface area contributed by atoms with Crippen LogP contribution in [-0.2, 0) is 9.53 Å². The van der Waals surface area contributed by atoms with Crippen molar-refractivity contribution in [2.75, 3.05) is 0 Å². The molecule has 2 unspecified atom stereocenters. The van der Waals surface area contributed by atoms with E-state index in [0.29, 0.717) is 19.3 Å². The van der Waals surface area contributed by atoms with Gasteiger partial charge in [0.05, 0.1) is 16.6 Å². The summed E-state index contributed by atoms with van der Waals surface area (Å²) in [4.78, 5) is 12.2. The van der Waals surface area contributed by atoms with Crippen molar-refractivity contribution in [3.05, 3.63) is 0 Å². The van der Waals surface area contributed by atoms with Crippen LogP contribution >= 0.6 is 0 Å². The summed E-state index contributed by atoms with van der Waals surface area (Å²) < 4.78 is 5.79. The summed E-state index contributed by atoms with van der Waals surface area (Å²) in [7, 11) is 0. The lowest BCUT2D eigenvalue weighted by Gasteiger charge is -2.62. The van der Waals surface area contributed by atoms with E-state index >= 15 is 0 Å². The van der Waals surface area contributed by atoms with Crippen molar-refractivity contribution in [1.82, 2.24) is 0 Å². The Hall–Kier alpha value is -0.610. The maximum atomic E-state index is 12.2. The smallest absolute Gasteiger partial charge is 0.311 e. The predicted octanol–water partition coefficient (Wildman–Crippen LogP) is 1.77. The highest BCUT2D eigenvalue weighted by Gasteiger charge is 2.64. The standard InChI is InChI=1S/C15H24O4/c1-12(2,3)11(16)19-15-6-10-4-13(17,8-15)7-14(18,5-10)9-15/h10,17-18H,4-9H2,1-3H3. The number of rotatable bonds is 1. The zero-order valence-electron chi connectivity index (χ0n) is 12.0. The third-order valence-electron chi connectivity index (χ3n) is 4.88. The van der Waals surface area contributed by atoms with Crippen molar-refractivity contribution in [2.45, 2.75) is 76.1 Å². The van der Waals surface area contributed by atoms with E-state index in [1.54, 1.807) is 0 Å². The number of carbonyl (C=O) groups is 1. The first-order chi connectivity index (χ1) is 8.53. The van der Waals surface area contributed by atoms with Gasteiger partial charge in [-0.15, -0.1) is 0 Å². The van der Waals surface area contributed by atoms with Gasteiger partial charge >= 0.3 is 5.97 Å². The lowest BCUT2D eigenvalue weighted by atomic mass is 9.50. The Bertz CT molecular complexity index is 404. The predicted molar refractivity (Wildman–Crippen MR) is 69.4 cm³/mol. The quantitative estimate of drug-likeness (QED) is 0.711. The van der Waals surface area contributed by atoms with E-state index in [1.807, 2.05) is 20.8 Å². The van der Waals surface area contributed by atoms with Crippen molar-refractivity contribution >= 4 is 5.97 Å². The van der Waals surface area contributed by atoms with Crippen LogP contribution in [0.2, 0.25) is 0 Å². The number of esters is 1. The van der Waals surface area contributed by atoms with Crippen LogP contribution in [0.3, 0.4) is 0 Å². The fourth-order valence-electron chi connectivity index (χ4n) is 4.71. The Morgan fingerprint density at radius 3 is 2.00 bits per heavy atom. The molecule has 4 saturated carbocycles. The van der Waals surface area contributed by atoms with Crippen molar-refractivity contribution in [2.24, 2.45) is 11.3 Å². The summed E-state index contributed by atoms with van der Waals surface area (Å²) in [6, 6.07) is 0. The van der Waals surface area contributed by atoms with E-state index in [2.05, 4.69) is 0 Å². The second-order valence-corrected chi connectivity index (χ2v) is 8.28. The van der Waals surface area contributed by atoms with Crippen molar-refractivity contribution < 1.29 is 19.7 Å². The largest absolute Gasteiger partial charge is 0.458 e. The fraction of sp³-hybridized carbons (Fsp3) is 0.933. The number of hydrogen-bond donors (Lipinski definition) is 2. The molecule has 0 aliphatic heterocycles. The first kappa shape index (κ1) is 13.4. The highest BCUT2D eigenvalue weighted by molar-refractivity contribution is 5.76. The molecule has 4 aliphatic rings. The molecule has 0 spiro atoms. The van der Waals surface area contributed by atoms with Crippen LogP contribution in [-0.4, -0.2) is 33.0 Å². The van der Waals surface area contributed by atoms with E-state index in [-0.39, 0.29) is 11.9 Å². The molecule has 4 bridgehead atoms. The molecule has 0 aromatic heterocycles. The fourth-order valence-corrected chi connectivity index (χ4v) is 4.71. The van der Waals surface area contributed by atoms with Gasteiger partial charge in [-0.1, -0.05) is 0 Å². The molecular weight excluding hydrogens is 244 g/mol. The monoisotopic (exact) mass is 268 g/mol. The van der Waals surface area contributed by atoms with E-state index < -0.39 is 22.2 Å². The lowest BCUT2D eigenvalue weighted by Crippen LogP contribution is -2.67. The molecule has 0 aromatic rings. The van der Waals surface area contributed by atoms with Crippen LogP contribution in [0.5, 0.6) is 0 Å². The molecule has 4 heteroatoms. The maximum absolute atomic E-state index is 12.2. The molecule has 0 aromatic carbocycles. The Morgan fingerprint density at radius 2 is 1.58 bits per heavy atom. The van der Waals surface area contributed by atoms with Crippen molar-refractivity contribution in [3.8, 4) is 0 Å². The molecule has 2 atom stereocenters. The first-order valence-corrected chi connectivity index (χ1v) is 7.22. The van der Waals surface area contributed by atoms with E-state index in [4.69, 9.17) is 4.74 Å². The van der Waals surface area contributed by atoms with E-state index in [9.17, 15) is 15.0 Å². The molecule has 0 radical (unpaired) electrons. The highest BCUT2D eigenvalue weighted by atomic mass is 16.6. The second-order valence-electron chi connectivity index (χ2n) is 8.28. The molecule has 19 heavy (non-hydrogen) atoms. The normalized spacial score (nSPS) is 48.4. The summed E-state index contributed by atoms with van der Waals surface area (Å²) in [5, 5.41) is 21.2. The second kappa shape index (κ2) is 3.53. The topological polar surface area (TPSA) is 66.8 Å². The van der Waals surface area contributed by atoms with Crippen LogP contribution < -0.4 is 0 Å². The zero-order chi connectivity index (χ0) is 14.1. The van der Waals surface area contributed by atoms with Gasteiger partial charge in [-0.25, -0.2) is 0 Å². The molecular formula is C15H24O4. The van der Waals surface area contributed by atoms with E-state index in [1.165, 1.54) is 0 Å². The molecule has 4 nitrogen and oxygen atoms in total. The van der Waals surface area contributed by atoms with Crippen LogP contribution in [0.1, 0.15) is 59.3 Å². The Morgan fingerprint density at radius 1 is 1.05 bits per heavy atom. The molecule has 4 aliphatic carbocycles. The average Bonchev–Trinajstić information content (AvgIpc) is 2.07. The Balaban J connectivity index is 1.87. The van der Waals surface area contributed by atoms with Crippen LogP contribution in [0, 0.1) is 11.3 Å². The summed E-state index contributed by atoms with van der Waals surface area (Å²) in [5.74, 6) is 0.0423. The third kappa shape index (κ3) is 2.19. The van der Waals surface area contributed by atoms with Gasteiger partial charge < -0.3 is 14.9 Å². The maximum Gasteiger partial charge on any atom is 0.311 e. The van der Waals surface area contributed by atoms with Gasteiger partial charge in [0.2, 0.25) is 0 Å². The SMILES string of the molecule is CC(C)(C)C(=O)OC12CC3CC(O)(CC(O)(C3)C1)C2. The molecule has 0 amide bonds. The van der Waals surface area contributed by atoms with Gasteiger partial charge in [0.15, 0.2) is 0 Å². The summed E-state index contributed by atoms with van der Waals surface area (Å²) in [6.45, 7) is 5.50. The zero-order valence-corrected chi connectivity index (χ0v) is 12.0. The first-order valence-electron chi connectivity index (χ1n) is 7.22. The number of aliphatic hydroxyl groups is 2. The Kier molecular flexibility index (Phi) is 2.48. The van der Waals surface area contributed by atoms with Gasteiger partial charge in [0.1, 0.15) is 5.60 Å². The number of hydrogen-bond acceptors (Lipinski definition) is 4. The molecule has 4 rings (SSSR count). The van der Waals surface area contributed by atoms with Crippen LogP contribution in [0.15, 0.2) is 0 Å². The molecule has 108 valence electrons. The van der Waals surface area contributed by atoms with E-state index in [0.717, 1.165) is 19.3 Å². The van der Waals surface area contributed by atoms with Crippen LogP contribution in [0.4, 0.5) is 0 Å². The van der Waals surface area contributed by atoms with Crippen molar-refractivity contribution in [3.63, 3.8) is 0 Å². The van der Waals surface area contributed by atoms with Gasteiger partial charge in [0, 0.05) is 19.3 Å². The molecule has 0 heterocycles. The molecule has 2 N–H and O–H groups in total. The van der Waals surface area contributed by atoms with Gasteiger partial charge in [-0.05, 0) is 46.0 Å². The minimum absolute atomic E-state index is 0.235. The number of carbonyl (C=O) groups excluding carboxylic acids is 1. The summed E-state index contributed by atoms with van der Waals surface area (Å²) >= 11 is 0. The average molecular weight is 268 g/mol. The van der Waals surface area contributed by atoms with Gasteiger partial charge in [-0.3, -0.25) is 4.79 Å². The molecule has 0 saturated heterocycles. The minimum Gasteiger partial charge on any atom is -0.458 e. The lowest BCUT2D eigenvalue weighted by molar-refractivity contribution is -0.264. The van der Waals surface area contributed by atoms with Gasteiger partial charge in [0.25, 0.3) is 0 Å². The van der Waals surface area contributed by atoms with Gasteiger partial charge in [-0.2, -0.15) is 0 Å².